The van der Waals surface area contributed by atoms with Crippen LogP contribution in [-0.2, 0) is 9.84 Å². The third-order valence-corrected chi connectivity index (χ3v) is 7.49. The van der Waals surface area contributed by atoms with Crippen LogP contribution in [0.1, 0.15) is 56.4 Å². The predicted octanol–water partition coefficient (Wildman–Crippen LogP) is 7.75. The molecule has 0 amide bonds. The fraction of sp³-hybridized carbons (Fsp3) is 0.353. The van der Waals surface area contributed by atoms with E-state index in [4.69, 9.17) is 4.98 Å². The Morgan fingerprint density at radius 2 is 1.93 bits per heavy atom. The van der Waals surface area contributed by atoms with Gasteiger partial charge in [0, 0.05) is 62.3 Å². The molecule has 2 aromatic rings. The number of hydrogen-bond donors (Lipinski definition) is 0. The minimum Gasteiger partial charge on any atom is -0.383 e. The number of aromatic nitrogens is 1. The van der Waals surface area contributed by atoms with Gasteiger partial charge in [0.1, 0.15) is 9.84 Å². The van der Waals surface area contributed by atoms with E-state index in [1.807, 2.05) is 56.4 Å². The Morgan fingerprint density at radius 1 is 1.18 bits per heavy atom. The van der Waals surface area contributed by atoms with Crippen molar-refractivity contribution >= 4 is 33.3 Å². The molecule has 0 radical (unpaired) electrons. The first kappa shape index (κ1) is 32.7. The number of rotatable bonds is 15. The highest BCUT2D eigenvalue weighted by atomic mass is 32.2. The summed E-state index contributed by atoms with van der Waals surface area (Å²) in [5.41, 5.74) is 7.73. The van der Waals surface area contributed by atoms with E-state index in [0.29, 0.717) is 12.3 Å². The van der Waals surface area contributed by atoms with Crippen molar-refractivity contribution in [1.29, 1.82) is 0 Å². The zero-order chi connectivity index (χ0) is 29.7. The molecule has 40 heavy (non-hydrogen) atoms. The minimum absolute atomic E-state index is 0.239. The fourth-order valence-corrected chi connectivity index (χ4v) is 5.16. The van der Waals surface area contributed by atoms with Crippen LogP contribution in [0, 0.1) is 5.92 Å². The smallest absolute Gasteiger partial charge is 0.147 e. The van der Waals surface area contributed by atoms with Gasteiger partial charge >= 0.3 is 0 Å². The lowest BCUT2D eigenvalue weighted by atomic mass is 9.95. The predicted molar refractivity (Wildman–Crippen MR) is 175 cm³/mol. The summed E-state index contributed by atoms with van der Waals surface area (Å²) in [7, 11) is 2.82. The number of aliphatic imine (C=N–C) groups is 1. The molecule has 0 aliphatic carbocycles. The summed E-state index contributed by atoms with van der Waals surface area (Å²) in [6.45, 7) is 12.2. The van der Waals surface area contributed by atoms with Crippen molar-refractivity contribution < 1.29 is 8.42 Å². The van der Waals surface area contributed by atoms with E-state index in [-0.39, 0.29) is 5.75 Å². The topological polar surface area (TPSA) is 62.6 Å². The summed E-state index contributed by atoms with van der Waals surface area (Å²) < 4.78 is 23.1. The number of hydrogen-bond acceptors (Lipinski definition) is 5. The normalized spacial score (nSPS) is 13.7. The molecule has 2 rings (SSSR count). The average molecular weight is 560 g/mol. The van der Waals surface area contributed by atoms with E-state index < -0.39 is 9.84 Å². The Kier molecular flexibility index (Phi) is 13.0. The summed E-state index contributed by atoms with van der Waals surface area (Å²) in [5.74, 6) is 0.660. The standard InChI is InChI=1S/C34H45N3O2S/c1-9-27(15-13-21-40(8,38)39)14-11-18-34-32(31(24-35-5)22-26(3)4)19-20-33(36-34)30-17-12-16-29(23-30)28(10-2)25-37(6)7/h10-12,16-20,22-25,27H,2-3,9,13-15,21H2,1,4-8H3/b18-11+,28-25+,31-22+,35-24-. The Hall–Kier alpha value is -3.51. The highest BCUT2D eigenvalue weighted by Crippen LogP contribution is 2.28. The molecule has 0 spiro atoms. The number of sulfone groups is 1. The van der Waals surface area contributed by atoms with Crippen molar-refractivity contribution in [3.8, 4) is 11.3 Å². The molecule has 5 nitrogen and oxygen atoms in total. The van der Waals surface area contributed by atoms with Gasteiger partial charge in [-0.25, -0.2) is 13.4 Å². The van der Waals surface area contributed by atoms with Gasteiger partial charge in [-0.3, -0.25) is 4.99 Å². The molecule has 0 aliphatic heterocycles. The molecule has 6 heteroatoms. The van der Waals surface area contributed by atoms with Gasteiger partial charge in [-0.15, -0.1) is 0 Å². The van der Waals surface area contributed by atoms with E-state index >= 15 is 0 Å². The van der Waals surface area contributed by atoms with E-state index in [2.05, 4.69) is 67.7 Å². The molecular weight excluding hydrogens is 514 g/mol. The van der Waals surface area contributed by atoms with Crippen molar-refractivity contribution in [2.45, 2.75) is 39.5 Å². The monoisotopic (exact) mass is 559 g/mol. The second kappa shape index (κ2) is 15.9. The minimum atomic E-state index is -2.93. The third kappa shape index (κ3) is 10.9. The van der Waals surface area contributed by atoms with Gasteiger partial charge in [-0.05, 0) is 67.5 Å². The molecule has 0 N–H and O–H groups in total. The zero-order valence-corrected chi connectivity index (χ0v) is 25.8. The van der Waals surface area contributed by atoms with Gasteiger partial charge in [0.25, 0.3) is 0 Å². The van der Waals surface area contributed by atoms with Gasteiger partial charge in [0.2, 0.25) is 0 Å². The van der Waals surface area contributed by atoms with Crippen molar-refractivity contribution in [2.75, 3.05) is 33.2 Å². The Bertz CT molecular complexity index is 1400. The zero-order valence-electron chi connectivity index (χ0n) is 25.0. The summed E-state index contributed by atoms with van der Waals surface area (Å²) >= 11 is 0. The van der Waals surface area contributed by atoms with Gasteiger partial charge in [-0.1, -0.05) is 68.5 Å². The molecule has 0 saturated carbocycles. The maximum absolute atomic E-state index is 11.5. The molecule has 214 valence electrons. The van der Waals surface area contributed by atoms with Crippen LogP contribution in [0.2, 0.25) is 0 Å². The van der Waals surface area contributed by atoms with E-state index in [9.17, 15) is 8.42 Å². The van der Waals surface area contributed by atoms with Crippen molar-refractivity contribution in [3.05, 3.63) is 96.4 Å². The highest BCUT2D eigenvalue weighted by Gasteiger charge is 2.12. The number of benzene rings is 1. The largest absolute Gasteiger partial charge is 0.383 e. The number of nitrogens with zero attached hydrogens (tertiary/aromatic N) is 3. The van der Waals surface area contributed by atoms with Crippen molar-refractivity contribution in [1.82, 2.24) is 9.88 Å². The Balaban J connectivity index is 2.51. The highest BCUT2D eigenvalue weighted by molar-refractivity contribution is 7.90. The first-order valence-electron chi connectivity index (χ1n) is 13.7. The summed E-state index contributed by atoms with van der Waals surface area (Å²) in [6.07, 6.45) is 16.8. The van der Waals surface area contributed by atoms with Crippen LogP contribution in [0.3, 0.4) is 0 Å². The SMILES string of the molecule is C=C/C(=C\N(C)C)c1cccc(-c2ccc(C(/C=N\C)=C/C(=C)C)c(/C=C/CC(CC)CCCS(C)(=O)=O)n2)c1. The van der Waals surface area contributed by atoms with Crippen LogP contribution in [0.25, 0.3) is 28.5 Å². The summed E-state index contributed by atoms with van der Waals surface area (Å²) in [4.78, 5) is 11.4. The van der Waals surface area contributed by atoms with Crippen molar-refractivity contribution in [2.24, 2.45) is 10.9 Å². The number of pyridine rings is 1. The first-order chi connectivity index (χ1) is 19.0. The van der Waals surface area contributed by atoms with Crippen LogP contribution in [-0.4, -0.2) is 57.7 Å². The van der Waals surface area contributed by atoms with E-state index in [1.165, 1.54) is 6.26 Å². The van der Waals surface area contributed by atoms with Gasteiger partial charge in [0.15, 0.2) is 0 Å². The molecule has 1 heterocycles. The van der Waals surface area contributed by atoms with E-state index in [1.54, 1.807) is 7.05 Å². The molecule has 1 aromatic carbocycles. The molecule has 1 aromatic heterocycles. The molecule has 1 atom stereocenters. The fourth-order valence-electron chi connectivity index (χ4n) is 4.47. The van der Waals surface area contributed by atoms with Crippen LogP contribution in [0.4, 0.5) is 0 Å². The molecule has 0 fully saturated rings. The molecule has 0 saturated heterocycles. The average Bonchev–Trinajstić information content (AvgIpc) is 2.89. The lowest BCUT2D eigenvalue weighted by Crippen LogP contribution is -2.06. The third-order valence-electron chi connectivity index (χ3n) is 6.46. The Morgan fingerprint density at radius 3 is 2.52 bits per heavy atom. The maximum Gasteiger partial charge on any atom is 0.147 e. The molecular formula is C34H45N3O2S. The van der Waals surface area contributed by atoms with Crippen LogP contribution < -0.4 is 0 Å². The lowest BCUT2D eigenvalue weighted by Gasteiger charge is -2.13. The lowest BCUT2D eigenvalue weighted by molar-refractivity contribution is 0.470. The van der Waals surface area contributed by atoms with Gasteiger partial charge in [0.05, 0.1) is 11.4 Å². The van der Waals surface area contributed by atoms with Crippen LogP contribution in [0.15, 0.2) is 84.5 Å². The second-order valence-corrected chi connectivity index (χ2v) is 12.7. The quantitative estimate of drug-likeness (QED) is 0.165. The maximum atomic E-state index is 11.5. The summed E-state index contributed by atoms with van der Waals surface area (Å²) in [6, 6.07) is 12.5. The molecule has 0 aliphatic rings. The Labute approximate surface area is 242 Å². The van der Waals surface area contributed by atoms with Gasteiger partial charge in [-0.2, -0.15) is 0 Å². The van der Waals surface area contributed by atoms with Crippen LogP contribution >= 0.6 is 0 Å². The van der Waals surface area contributed by atoms with Crippen LogP contribution in [0.5, 0.6) is 0 Å². The second-order valence-electron chi connectivity index (χ2n) is 10.5. The van der Waals surface area contributed by atoms with Gasteiger partial charge < -0.3 is 4.90 Å². The van der Waals surface area contributed by atoms with E-state index in [0.717, 1.165) is 64.1 Å². The van der Waals surface area contributed by atoms with Crippen molar-refractivity contribution in [3.63, 3.8) is 0 Å². The number of allylic oxidation sites excluding steroid dienone is 6. The summed E-state index contributed by atoms with van der Waals surface area (Å²) in [5, 5.41) is 0. The molecule has 0 bridgehead atoms. The first-order valence-corrected chi connectivity index (χ1v) is 15.8. The molecule has 1 unspecified atom stereocenters.